The zero-order chi connectivity index (χ0) is 18.8. The monoisotopic (exact) mass is 384 g/mol. The molecule has 2 aromatic rings. The average Bonchev–Trinajstić information content (AvgIpc) is 3.26. The van der Waals surface area contributed by atoms with Gasteiger partial charge in [0.15, 0.2) is 11.5 Å². The molecule has 2 aromatic carbocycles. The lowest BCUT2D eigenvalue weighted by Gasteiger charge is -2.24. The Morgan fingerprint density at radius 3 is 2.74 bits per heavy atom. The molecule has 0 bridgehead atoms. The Kier molecular flexibility index (Phi) is 4.94. The summed E-state index contributed by atoms with van der Waals surface area (Å²) >= 11 is 1.63. The van der Waals surface area contributed by atoms with E-state index in [4.69, 9.17) is 9.47 Å². The smallest absolute Gasteiger partial charge is 0.233 e. The first-order valence-corrected chi connectivity index (χ1v) is 9.82. The second kappa shape index (κ2) is 7.52. The van der Waals surface area contributed by atoms with Crippen LogP contribution in [0, 0.1) is 0 Å². The quantitative estimate of drug-likeness (QED) is 0.858. The molecule has 1 unspecified atom stereocenters. The molecular weight excluding hydrogens is 364 g/mol. The molecule has 1 saturated heterocycles. The van der Waals surface area contributed by atoms with Crippen LogP contribution in [0.5, 0.6) is 11.5 Å². The minimum absolute atomic E-state index is 0.00195. The predicted octanol–water partition coefficient (Wildman–Crippen LogP) is 3.19. The van der Waals surface area contributed by atoms with Gasteiger partial charge in [0, 0.05) is 19.2 Å². The maximum absolute atomic E-state index is 12.4. The number of anilines is 1. The van der Waals surface area contributed by atoms with Gasteiger partial charge in [-0.3, -0.25) is 9.59 Å². The van der Waals surface area contributed by atoms with Crippen molar-refractivity contribution in [3.63, 3.8) is 0 Å². The van der Waals surface area contributed by atoms with Gasteiger partial charge in [-0.25, -0.2) is 0 Å². The molecule has 1 atom stereocenters. The summed E-state index contributed by atoms with van der Waals surface area (Å²) in [5, 5.41) is 2.76. The molecule has 0 radical (unpaired) electrons. The molecular formula is C20H20N2O4S. The number of amides is 2. The second-order valence-corrected chi connectivity index (χ2v) is 7.56. The van der Waals surface area contributed by atoms with E-state index in [-0.39, 0.29) is 24.0 Å². The summed E-state index contributed by atoms with van der Waals surface area (Å²) in [7, 11) is 0. The molecule has 0 aliphatic carbocycles. The van der Waals surface area contributed by atoms with Crippen molar-refractivity contribution in [3.05, 3.63) is 53.6 Å². The summed E-state index contributed by atoms with van der Waals surface area (Å²) in [6, 6.07) is 13.6. The summed E-state index contributed by atoms with van der Waals surface area (Å²) < 4.78 is 10.8. The molecule has 4 rings (SSSR count). The van der Waals surface area contributed by atoms with E-state index < -0.39 is 0 Å². The van der Waals surface area contributed by atoms with Gasteiger partial charge in [0.2, 0.25) is 18.6 Å². The van der Waals surface area contributed by atoms with Gasteiger partial charge in [0.05, 0.1) is 5.75 Å². The minimum Gasteiger partial charge on any atom is -0.454 e. The topological polar surface area (TPSA) is 67.9 Å². The summed E-state index contributed by atoms with van der Waals surface area (Å²) in [6.45, 7) is 2.39. The number of ether oxygens (including phenoxy) is 2. The Balaban J connectivity index is 1.44. The van der Waals surface area contributed by atoms with Gasteiger partial charge in [-0.2, -0.15) is 0 Å². The van der Waals surface area contributed by atoms with Gasteiger partial charge in [-0.05, 0) is 41.8 Å². The Morgan fingerprint density at radius 2 is 1.96 bits per heavy atom. The largest absolute Gasteiger partial charge is 0.454 e. The number of carbonyl (C=O) groups is 2. The molecule has 2 aliphatic rings. The van der Waals surface area contributed by atoms with Crippen LogP contribution < -0.4 is 14.8 Å². The number of hydrogen-bond acceptors (Lipinski definition) is 5. The number of hydrogen-bond donors (Lipinski definition) is 1. The highest BCUT2D eigenvalue weighted by molar-refractivity contribution is 8.00. The van der Waals surface area contributed by atoms with Crippen molar-refractivity contribution in [2.24, 2.45) is 0 Å². The van der Waals surface area contributed by atoms with Crippen LogP contribution in [0.3, 0.4) is 0 Å². The minimum atomic E-state index is -0.0986. The van der Waals surface area contributed by atoms with Gasteiger partial charge < -0.3 is 19.7 Å². The summed E-state index contributed by atoms with van der Waals surface area (Å²) in [5.74, 6) is 2.07. The highest BCUT2D eigenvalue weighted by Crippen LogP contribution is 2.39. The summed E-state index contributed by atoms with van der Waals surface area (Å²) in [4.78, 5) is 25.5. The van der Waals surface area contributed by atoms with Crippen LogP contribution in [0.15, 0.2) is 42.5 Å². The molecule has 1 N–H and O–H groups in total. The van der Waals surface area contributed by atoms with Crippen LogP contribution in [0.25, 0.3) is 0 Å². The van der Waals surface area contributed by atoms with Crippen molar-refractivity contribution in [1.82, 2.24) is 4.90 Å². The molecule has 0 spiro atoms. The number of carbonyl (C=O) groups excluding carboxylic acids is 2. The van der Waals surface area contributed by atoms with Crippen molar-refractivity contribution in [2.45, 2.75) is 18.7 Å². The van der Waals surface area contributed by atoms with E-state index in [0.29, 0.717) is 12.3 Å². The second-order valence-electron chi connectivity index (χ2n) is 6.49. The third kappa shape index (κ3) is 3.88. The van der Waals surface area contributed by atoms with Gasteiger partial charge in [0.1, 0.15) is 5.37 Å². The fourth-order valence-corrected chi connectivity index (χ4v) is 4.47. The van der Waals surface area contributed by atoms with Crippen LogP contribution in [-0.4, -0.2) is 35.8 Å². The molecule has 2 amide bonds. The van der Waals surface area contributed by atoms with Crippen molar-refractivity contribution in [2.75, 3.05) is 24.4 Å². The first kappa shape index (κ1) is 17.7. The normalized spacial score (nSPS) is 18.0. The lowest BCUT2D eigenvalue weighted by atomic mass is 10.1. The fourth-order valence-electron chi connectivity index (χ4n) is 3.25. The first-order chi connectivity index (χ1) is 13.1. The number of thioether (sulfide) groups is 1. The fraction of sp³-hybridized carbons (Fsp3) is 0.300. The molecule has 0 saturated carbocycles. The van der Waals surface area contributed by atoms with Crippen molar-refractivity contribution in [1.29, 1.82) is 0 Å². The van der Waals surface area contributed by atoms with Crippen molar-refractivity contribution < 1.29 is 19.1 Å². The van der Waals surface area contributed by atoms with E-state index in [1.54, 1.807) is 11.8 Å². The highest BCUT2D eigenvalue weighted by Gasteiger charge is 2.32. The number of benzene rings is 2. The van der Waals surface area contributed by atoms with E-state index in [1.807, 2.05) is 47.4 Å². The molecule has 2 heterocycles. The lowest BCUT2D eigenvalue weighted by molar-refractivity contribution is -0.128. The molecule has 6 nitrogen and oxygen atoms in total. The van der Waals surface area contributed by atoms with Crippen LogP contribution in [0.2, 0.25) is 0 Å². The zero-order valence-electron chi connectivity index (χ0n) is 14.9. The first-order valence-electron chi connectivity index (χ1n) is 8.77. The van der Waals surface area contributed by atoms with Gasteiger partial charge in [-0.1, -0.05) is 18.2 Å². The standard InChI is InChI=1S/C20H20N2O4S/c1-13(23)21-16-5-3-15(4-6-16)20-22(19(24)11-27-20)9-8-14-2-7-17-18(10-14)26-12-25-17/h2-7,10,20H,8-9,11-12H2,1H3,(H,21,23). The summed E-state index contributed by atoms with van der Waals surface area (Å²) in [5.41, 5.74) is 2.93. The molecule has 2 aliphatic heterocycles. The highest BCUT2D eigenvalue weighted by atomic mass is 32.2. The van der Waals surface area contributed by atoms with Gasteiger partial charge >= 0.3 is 0 Å². The Morgan fingerprint density at radius 1 is 1.19 bits per heavy atom. The van der Waals surface area contributed by atoms with Crippen LogP contribution >= 0.6 is 11.8 Å². The maximum Gasteiger partial charge on any atom is 0.233 e. The number of nitrogens with one attached hydrogen (secondary N) is 1. The molecule has 140 valence electrons. The van der Waals surface area contributed by atoms with Crippen molar-refractivity contribution in [3.8, 4) is 11.5 Å². The van der Waals surface area contributed by atoms with Gasteiger partial charge in [-0.15, -0.1) is 11.8 Å². The number of nitrogens with zero attached hydrogens (tertiary/aromatic N) is 1. The number of fused-ring (bicyclic) bond motifs is 1. The van der Waals surface area contributed by atoms with Crippen LogP contribution in [0.1, 0.15) is 23.4 Å². The van der Waals surface area contributed by atoms with Crippen LogP contribution in [-0.2, 0) is 16.0 Å². The predicted molar refractivity (Wildman–Crippen MR) is 104 cm³/mol. The van der Waals surface area contributed by atoms with E-state index in [1.165, 1.54) is 6.92 Å². The number of rotatable bonds is 5. The van der Waals surface area contributed by atoms with E-state index in [2.05, 4.69) is 5.32 Å². The lowest BCUT2D eigenvalue weighted by Crippen LogP contribution is -2.30. The summed E-state index contributed by atoms with van der Waals surface area (Å²) in [6.07, 6.45) is 0.753. The van der Waals surface area contributed by atoms with Gasteiger partial charge in [0.25, 0.3) is 0 Å². The Bertz CT molecular complexity index is 869. The third-order valence-corrected chi connectivity index (χ3v) is 5.82. The third-order valence-electron chi connectivity index (χ3n) is 4.56. The molecule has 7 heteroatoms. The van der Waals surface area contributed by atoms with E-state index >= 15 is 0 Å². The Hall–Kier alpha value is -2.67. The van der Waals surface area contributed by atoms with Crippen LogP contribution in [0.4, 0.5) is 5.69 Å². The molecule has 1 fully saturated rings. The van der Waals surface area contributed by atoms with E-state index in [0.717, 1.165) is 34.7 Å². The van der Waals surface area contributed by atoms with Crippen molar-refractivity contribution >= 4 is 29.3 Å². The Labute approximate surface area is 161 Å². The zero-order valence-corrected chi connectivity index (χ0v) is 15.8. The molecule has 0 aromatic heterocycles. The SMILES string of the molecule is CC(=O)Nc1ccc(C2SCC(=O)N2CCc2ccc3c(c2)OCO3)cc1. The molecule has 27 heavy (non-hydrogen) atoms. The van der Waals surface area contributed by atoms with E-state index in [9.17, 15) is 9.59 Å². The maximum atomic E-state index is 12.4. The average molecular weight is 384 g/mol.